The Morgan fingerprint density at radius 1 is 1.31 bits per heavy atom. The molecular formula is C13H15ClO2. The zero-order chi connectivity index (χ0) is 11.5. The summed E-state index contributed by atoms with van der Waals surface area (Å²) < 4.78 is 0. The molecule has 86 valence electrons. The van der Waals surface area contributed by atoms with Crippen LogP contribution in [0.3, 0.4) is 0 Å². The molecule has 0 unspecified atom stereocenters. The Balaban J connectivity index is 1.79. The molecule has 0 heterocycles. The number of aliphatic carboxylic acids is 1. The van der Waals surface area contributed by atoms with Crippen LogP contribution in [0.15, 0.2) is 24.3 Å². The Bertz CT molecular complexity index is 366. The SMILES string of the molecule is O=C(O)CCC1CC(c2ccc(Cl)cc2)C1. The number of carboxylic acid groups (broad SMARTS) is 1. The van der Waals surface area contributed by atoms with Crippen LogP contribution in [0, 0.1) is 5.92 Å². The Labute approximate surface area is 100 Å². The van der Waals surface area contributed by atoms with Gasteiger partial charge in [0, 0.05) is 11.4 Å². The fraction of sp³-hybridized carbons (Fsp3) is 0.462. The maximum Gasteiger partial charge on any atom is 0.303 e. The van der Waals surface area contributed by atoms with E-state index in [9.17, 15) is 4.79 Å². The number of halogens is 1. The summed E-state index contributed by atoms with van der Waals surface area (Å²) in [6.45, 7) is 0. The normalized spacial score (nSPS) is 23.8. The summed E-state index contributed by atoms with van der Waals surface area (Å²) in [5.74, 6) is 0.516. The van der Waals surface area contributed by atoms with E-state index in [1.165, 1.54) is 5.56 Å². The first-order chi connectivity index (χ1) is 7.65. The first-order valence-electron chi connectivity index (χ1n) is 5.62. The molecule has 0 saturated heterocycles. The van der Waals surface area contributed by atoms with Crippen molar-refractivity contribution in [2.45, 2.75) is 31.6 Å². The van der Waals surface area contributed by atoms with E-state index in [-0.39, 0.29) is 0 Å². The Morgan fingerprint density at radius 3 is 2.50 bits per heavy atom. The summed E-state index contributed by atoms with van der Waals surface area (Å²) in [6, 6.07) is 7.98. The van der Waals surface area contributed by atoms with Crippen LogP contribution >= 0.6 is 11.6 Å². The molecular weight excluding hydrogens is 224 g/mol. The summed E-state index contributed by atoms with van der Waals surface area (Å²) in [5.41, 5.74) is 1.33. The van der Waals surface area contributed by atoms with E-state index in [0.29, 0.717) is 18.3 Å². The summed E-state index contributed by atoms with van der Waals surface area (Å²) in [5, 5.41) is 9.35. The van der Waals surface area contributed by atoms with E-state index >= 15 is 0 Å². The second-order valence-electron chi connectivity index (χ2n) is 4.52. The van der Waals surface area contributed by atoms with Crippen LogP contribution in [0.2, 0.25) is 5.02 Å². The molecule has 0 spiro atoms. The smallest absolute Gasteiger partial charge is 0.303 e. The van der Waals surface area contributed by atoms with Gasteiger partial charge in [-0.25, -0.2) is 0 Å². The highest BCUT2D eigenvalue weighted by Gasteiger charge is 2.30. The number of carboxylic acids is 1. The molecule has 0 bridgehead atoms. The van der Waals surface area contributed by atoms with Gasteiger partial charge in [-0.15, -0.1) is 0 Å². The van der Waals surface area contributed by atoms with E-state index in [4.69, 9.17) is 16.7 Å². The highest BCUT2D eigenvalue weighted by molar-refractivity contribution is 6.30. The Morgan fingerprint density at radius 2 is 1.94 bits per heavy atom. The van der Waals surface area contributed by atoms with E-state index in [1.807, 2.05) is 12.1 Å². The van der Waals surface area contributed by atoms with Gasteiger partial charge in [0.1, 0.15) is 0 Å². The molecule has 2 nitrogen and oxygen atoms in total. The van der Waals surface area contributed by atoms with Crippen molar-refractivity contribution < 1.29 is 9.90 Å². The second kappa shape index (κ2) is 4.88. The van der Waals surface area contributed by atoms with E-state index in [2.05, 4.69) is 12.1 Å². The Hall–Kier alpha value is -1.02. The fourth-order valence-electron chi connectivity index (χ4n) is 2.31. The fourth-order valence-corrected chi connectivity index (χ4v) is 2.43. The lowest BCUT2D eigenvalue weighted by Gasteiger charge is -2.35. The summed E-state index contributed by atoms with van der Waals surface area (Å²) in [7, 11) is 0. The van der Waals surface area contributed by atoms with Gasteiger partial charge in [0.25, 0.3) is 0 Å². The first kappa shape index (κ1) is 11.5. The third-order valence-corrected chi connectivity index (χ3v) is 3.60. The van der Waals surface area contributed by atoms with Crippen LogP contribution in [0.5, 0.6) is 0 Å². The standard InChI is InChI=1S/C13H15ClO2/c14-12-4-2-10(3-5-12)11-7-9(8-11)1-6-13(15)16/h2-5,9,11H,1,6-8H2,(H,15,16). The summed E-state index contributed by atoms with van der Waals surface area (Å²) >= 11 is 5.83. The number of hydrogen-bond donors (Lipinski definition) is 1. The highest BCUT2D eigenvalue weighted by Crippen LogP contribution is 2.43. The summed E-state index contributed by atoms with van der Waals surface area (Å²) in [4.78, 5) is 10.4. The van der Waals surface area contributed by atoms with Crippen LogP contribution in [-0.2, 0) is 4.79 Å². The van der Waals surface area contributed by atoms with Gasteiger partial charge in [-0.3, -0.25) is 4.79 Å². The minimum atomic E-state index is -0.685. The van der Waals surface area contributed by atoms with Crippen molar-refractivity contribution in [1.82, 2.24) is 0 Å². The van der Waals surface area contributed by atoms with Gasteiger partial charge in [0.05, 0.1) is 0 Å². The molecule has 1 saturated carbocycles. The average Bonchev–Trinajstić information content (AvgIpc) is 2.18. The topological polar surface area (TPSA) is 37.3 Å². The molecule has 16 heavy (non-hydrogen) atoms. The molecule has 0 aromatic heterocycles. The van der Waals surface area contributed by atoms with E-state index < -0.39 is 5.97 Å². The zero-order valence-electron chi connectivity index (χ0n) is 9.03. The van der Waals surface area contributed by atoms with Crippen LogP contribution in [-0.4, -0.2) is 11.1 Å². The predicted molar refractivity (Wildman–Crippen MR) is 63.8 cm³/mol. The average molecular weight is 239 g/mol. The van der Waals surface area contributed by atoms with Crippen LogP contribution < -0.4 is 0 Å². The van der Waals surface area contributed by atoms with Crippen LogP contribution in [0.1, 0.15) is 37.2 Å². The molecule has 0 atom stereocenters. The minimum Gasteiger partial charge on any atom is -0.481 e. The quantitative estimate of drug-likeness (QED) is 0.869. The van der Waals surface area contributed by atoms with Crippen molar-refractivity contribution in [3.8, 4) is 0 Å². The Kier molecular flexibility index (Phi) is 3.49. The lowest BCUT2D eigenvalue weighted by molar-refractivity contribution is -0.137. The summed E-state index contributed by atoms with van der Waals surface area (Å²) in [6.07, 6.45) is 3.36. The second-order valence-corrected chi connectivity index (χ2v) is 4.95. The van der Waals surface area contributed by atoms with Gasteiger partial charge in [0.15, 0.2) is 0 Å². The predicted octanol–water partition coefficient (Wildman–Crippen LogP) is 3.70. The zero-order valence-corrected chi connectivity index (χ0v) is 9.78. The number of carbonyl (C=O) groups is 1. The number of hydrogen-bond acceptors (Lipinski definition) is 1. The third-order valence-electron chi connectivity index (χ3n) is 3.34. The molecule has 1 aromatic rings. The van der Waals surface area contributed by atoms with Crippen molar-refractivity contribution >= 4 is 17.6 Å². The highest BCUT2D eigenvalue weighted by atomic mass is 35.5. The maximum absolute atomic E-state index is 10.4. The molecule has 0 aliphatic heterocycles. The molecule has 0 amide bonds. The van der Waals surface area contributed by atoms with Crippen molar-refractivity contribution in [3.05, 3.63) is 34.9 Å². The molecule has 3 heteroatoms. The third kappa shape index (κ3) is 2.76. The van der Waals surface area contributed by atoms with Gasteiger partial charge in [-0.1, -0.05) is 23.7 Å². The van der Waals surface area contributed by atoms with Crippen molar-refractivity contribution in [1.29, 1.82) is 0 Å². The van der Waals surface area contributed by atoms with Gasteiger partial charge in [-0.05, 0) is 48.8 Å². The molecule has 2 rings (SSSR count). The van der Waals surface area contributed by atoms with Crippen LogP contribution in [0.4, 0.5) is 0 Å². The van der Waals surface area contributed by atoms with Crippen molar-refractivity contribution in [2.24, 2.45) is 5.92 Å². The van der Waals surface area contributed by atoms with Gasteiger partial charge < -0.3 is 5.11 Å². The number of rotatable bonds is 4. The number of benzene rings is 1. The van der Waals surface area contributed by atoms with Gasteiger partial charge in [0.2, 0.25) is 0 Å². The molecule has 1 fully saturated rings. The van der Waals surface area contributed by atoms with E-state index in [1.54, 1.807) is 0 Å². The van der Waals surface area contributed by atoms with Crippen molar-refractivity contribution in [3.63, 3.8) is 0 Å². The lowest BCUT2D eigenvalue weighted by Crippen LogP contribution is -2.22. The first-order valence-corrected chi connectivity index (χ1v) is 6.00. The van der Waals surface area contributed by atoms with Gasteiger partial charge in [-0.2, -0.15) is 0 Å². The molecule has 1 N–H and O–H groups in total. The van der Waals surface area contributed by atoms with Gasteiger partial charge >= 0.3 is 5.97 Å². The maximum atomic E-state index is 10.4. The molecule has 1 aliphatic rings. The largest absolute Gasteiger partial charge is 0.481 e. The molecule has 0 radical (unpaired) electrons. The van der Waals surface area contributed by atoms with Crippen molar-refractivity contribution in [2.75, 3.05) is 0 Å². The van der Waals surface area contributed by atoms with Crippen LogP contribution in [0.25, 0.3) is 0 Å². The minimum absolute atomic E-state index is 0.304. The van der Waals surface area contributed by atoms with E-state index in [0.717, 1.165) is 24.3 Å². The monoisotopic (exact) mass is 238 g/mol. The lowest BCUT2D eigenvalue weighted by atomic mass is 9.70. The molecule has 1 aromatic carbocycles. The molecule has 1 aliphatic carbocycles.